The first kappa shape index (κ1) is 15.1. The number of benzene rings is 1. The Hall–Kier alpha value is -2.81. The van der Waals surface area contributed by atoms with Crippen molar-refractivity contribution < 1.29 is 8.78 Å². The van der Waals surface area contributed by atoms with Crippen LogP contribution in [-0.4, -0.2) is 21.6 Å². The standard InChI is InChI=1S/C17H14F2N4/c1-17(10-20,8-15(18)19)12-4-2-3-11(7-12)13-5-6-21-16-14(13)9-22-23-16/h2-7,9,15H,8H2,1H3,(H,21,22,23). The van der Waals surface area contributed by atoms with E-state index in [0.717, 1.165) is 16.5 Å². The smallest absolute Gasteiger partial charge is 0.240 e. The Bertz CT molecular complexity index is 881. The molecule has 0 bridgehead atoms. The summed E-state index contributed by atoms with van der Waals surface area (Å²) < 4.78 is 25.6. The number of pyridine rings is 1. The normalized spacial score (nSPS) is 13.9. The van der Waals surface area contributed by atoms with E-state index in [2.05, 4.69) is 15.2 Å². The summed E-state index contributed by atoms with van der Waals surface area (Å²) in [6, 6.07) is 11.0. The Balaban J connectivity index is 2.10. The Morgan fingerprint density at radius 1 is 1.35 bits per heavy atom. The van der Waals surface area contributed by atoms with Crippen molar-refractivity contribution in [1.29, 1.82) is 5.26 Å². The van der Waals surface area contributed by atoms with Crippen LogP contribution in [-0.2, 0) is 5.41 Å². The van der Waals surface area contributed by atoms with Crippen molar-refractivity contribution in [3.05, 3.63) is 48.3 Å². The van der Waals surface area contributed by atoms with E-state index in [1.54, 1.807) is 30.6 Å². The number of nitrogens with one attached hydrogen (secondary N) is 1. The fourth-order valence-electron chi connectivity index (χ4n) is 2.67. The molecule has 6 heteroatoms. The van der Waals surface area contributed by atoms with E-state index in [1.165, 1.54) is 6.92 Å². The molecular weight excluding hydrogens is 298 g/mol. The highest BCUT2D eigenvalue weighted by atomic mass is 19.3. The van der Waals surface area contributed by atoms with Crippen molar-refractivity contribution in [3.63, 3.8) is 0 Å². The third-order valence-corrected chi connectivity index (χ3v) is 3.97. The minimum atomic E-state index is -2.54. The van der Waals surface area contributed by atoms with Crippen molar-refractivity contribution in [3.8, 4) is 17.2 Å². The molecule has 0 aliphatic heterocycles. The van der Waals surface area contributed by atoms with E-state index in [4.69, 9.17) is 0 Å². The maximum absolute atomic E-state index is 12.8. The Morgan fingerprint density at radius 2 is 2.17 bits per heavy atom. The third-order valence-electron chi connectivity index (χ3n) is 3.97. The van der Waals surface area contributed by atoms with Crippen LogP contribution in [0.4, 0.5) is 8.78 Å². The van der Waals surface area contributed by atoms with E-state index in [-0.39, 0.29) is 0 Å². The zero-order chi connectivity index (χ0) is 16.4. The minimum absolute atomic E-state index is 0.496. The highest BCUT2D eigenvalue weighted by Crippen LogP contribution is 2.34. The van der Waals surface area contributed by atoms with Crippen LogP contribution in [0.3, 0.4) is 0 Å². The molecule has 3 rings (SSSR count). The molecule has 3 aromatic rings. The van der Waals surface area contributed by atoms with Gasteiger partial charge in [0.25, 0.3) is 0 Å². The quantitative estimate of drug-likeness (QED) is 0.790. The molecule has 0 saturated carbocycles. The van der Waals surface area contributed by atoms with Crippen molar-refractivity contribution in [2.75, 3.05) is 0 Å². The van der Waals surface area contributed by atoms with Crippen molar-refractivity contribution >= 4 is 11.0 Å². The predicted molar refractivity (Wildman–Crippen MR) is 82.9 cm³/mol. The van der Waals surface area contributed by atoms with Gasteiger partial charge in [-0.25, -0.2) is 13.8 Å². The fourth-order valence-corrected chi connectivity index (χ4v) is 2.67. The van der Waals surface area contributed by atoms with Gasteiger partial charge in [-0.2, -0.15) is 10.4 Å². The lowest BCUT2D eigenvalue weighted by atomic mass is 9.80. The number of hydrogen-bond acceptors (Lipinski definition) is 3. The van der Waals surface area contributed by atoms with Crippen molar-refractivity contribution in [1.82, 2.24) is 15.2 Å². The molecule has 1 N–H and O–H groups in total. The second-order valence-electron chi connectivity index (χ2n) is 5.61. The summed E-state index contributed by atoms with van der Waals surface area (Å²) >= 11 is 0. The van der Waals surface area contributed by atoms with Crippen LogP contribution in [0, 0.1) is 11.3 Å². The lowest BCUT2D eigenvalue weighted by molar-refractivity contribution is 0.119. The summed E-state index contributed by atoms with van der Waals surface area (Å²) in [5.41, 5.74) is 1.73. The first-order chi connectivity index (χ1) is 11.0. The number of halogens is 2. The number of H-pyrrole nitrogens is 1. The molecule has 1 aromatic carbocycles. The zero-order valence-electron chi connectivity index (χ0n) is 12.4. The van der Waals surface area contributed by atoms with Gasteiger partial charge in [0.2, 0.25) is 6.43 Å². The first-order valence-electron chi connectivity index (χ1n) is 7.12. The molecule has 4 nitrogen and oxygen atoms in total. The molecule has 2 heterocycles. The molecular formula is C17H14F2N4. The summed E-state index contributed by atoms with van der Waals surface area (Å²) in [5, 5.41) is 17.0. The van der Waals surface area contributed by atoms with E-state index >= 15 is 0 Å². The van der Waals surface area contributed by atoms with Crippen LogP contribution in [0.15, 0.2) is 42.7 Å². The van der Waals surface area contributed by atoms with E-state index in [1.807, 2.05) is 18.2 Å². The molecule has 116 valence electrons. The first-order valence-corrected chi connectivity index (χ1v) is 7.12. The lowest BCUT2D eigenvalue weighted by Crippen LogP contribution is -2.23. The number of nitriles is 1. The number of aromatic amines is 1. The monoisotopic (exact) mass is 312 g/mol. The van der Waals surface area contributed by atoms with Gasteiger partial charge < -0.3 is 0 Å². The maximum atomic E-state index is 12.8. The van der Waals surface area contributed by atoms with Crippen LogP contribution in [0.1, 0.15) is 18.9 Å². The molecule has 0 saturated heterocycles. The van der Waals surface area contributed by atoms with Crippen LogP contribution < -0.4 is 0 Å². The van der Waals surface area contributed by atoms with Gasteiger partial charge in [-0.3, -0.25) is 5.10 Å². The summed E-state index contributed by atoms with van der Waals surface area (Å²) in [6.07, 6.45) is 0.299. The number of fused-ring (bicyclic) bond motifs is 1. The highest BCUT2D eigenvalue weighted by molar-refractivity contribution is 5.92. The second-order valence-corrected chi connectivity index (χ2v) is 5.61. The summed E-state index contributed by atoms with van der Waals surface area (Å²) in [4.78, 5) is 4.18. The third kappa shape index (κ3) is 2.78. The molecule has 1 unspecified atom stereocenters. The van der Waals surface area contributed by atoms with Gasteiger partial charge in [-0.15, -0.1) is 0 Å². The van der Waals surface area contributed by atoms with E-state index < -0.39 is 18.3 Å². The molecule has 2 aromatic heterocycles. The number of nitrogens with zero attached hydrogens (tertiary/aromatic N) is 3. The Labute approximate surface area is 131 Å². The molecule has 0 fully saturated rings. The second kappa shape index (κ2) is 5.76. The van der Waals surface area contributed by atoms with Gasteiger partial charge in [0, 0.05) is 18.0 Å². The molecule has 0 spiro atoms. The van der Waals surface area contributed by atoms with Crippen molar-refractivity contribution in [2.24, 2.45) is 0 Å². The lowest BCUT2D eigenvalue weighted by Gasteiger charge is -2.22. The Morgan fingerprint density at radius 3 is 2.91 bits per heavy atom. The predicted octanol–water partition coefficient (Wildman–Crippen LogP) is 4.06. The summed E-state index contributed by atoms with van der Waals surface area (Å²) in [5.74, 6) is 0. The topological polar surface area (TPSA) is 65.4 Å². The summed E-state index contributed by atoms with van der Waals surface area (Å²) in [7, 11) is 0. The van der Waals surface area contributed by atoms with E-state index in [9.17, 15) is 14.0 Å². The van der Waals surface area contributed by atoms with Crippen LogP contribution in [0.25, 0.3) is 22.2 Å². The van der Waals surface area contributed by atoms with Gasteiger partial charge in [0.15, 0.2) is 5.65 Å². The molecule has 23 heavy (non-hydrogen) atoms. The van der Waals surface area contributed by atoms with Gasteiger partial charge in [0.1, 0.15) is 0 Å². The fraction of sp³-hybridized carbons (Fsp3) is 0.235. The van der Waals surface area contributed by atoms with Crippen LogP contribution in [0.2, 0.25) is 0 Å². The van der Waals surface area contributed by atoms with Gasteiger partial charge in [-0.1, -0.05) is 18.2 Å². The molecule has 0 amide bonds. The van der Waals surface area contributed by atoms with Crippen LogP contribution in [0.5, 0.6) is 0 Å². The highest BCUT2D eigenvalue weighted by Gasteiger charge is 2.30. The minimum Gasteiger partial charge on any atom is -0.261 e. The van der Waals surface area contributed by atoms with Crippen molar-refractivity contribution in [2.45, 2.75) is 25.2 Å². The number of aromatic nitrogens is 3. The largest absolute Gasteiger partial charge is 0.261 e. The molecule has 0 radical (unpaired) electrons. The average molecular weight is 312 g/mol. The van der Waals surface area contributed by atoms with E-state index in [0.29, 0.717) is 11.2 Å². The maximum Gasteiger partial charge on any atom is 0.240 e. The van der Waals surface area contributed by atoms with Gasteiger partial charge in [-0.05, 0) is 35.7 Å². The van der Waals surface area contributed by atoms with Gasteiger partial charge >= 0.3 is 0 Å². The zero-order valence-corrected chi connectivity index (χ0v) is 12.4. The molecule has 0 aliphatic carbocycles. The summed E-state index contributed by atoms with van der Waals surface area (Å²) in [6.45, 7) is 1.54. The van der Waals surface area contributed by atoms with Gasteiger partial charge in [0.05, 0.1) is 17.7 Å². The number of alkyl halides is 2. The average Bonchev–Trinajstić information content (AvgIpc) is 3.02. The number of rotatable bonds is 4. The molecule has 1 atom stereocenters. The van der Waals surface area contributed by atoms with Crippen LogP contribution >= 0.6 is 0 Å². The Kier molecular flexibility index (Phi) is 3.78. The SMILES string of the molecule is CC(C#N)(CC(F)F)c1cccc(-c2ccnc3[nH]ncc23)c1. The molecule has 0 aliphatic rings. The number of hydrogen-bond donors (Lipinski definition) is 1.